The Balaban J connectivity index is 2.33. The molecular formula is C9H8F2N4. The Morgan fingerprint density at radius 3 is 3.13 bits per heavy atom. The van der Waals surface area contributed by atoms with E-state index in [-0.39, 0.29) is 13.2 Å². The van der Waals surface area contributed by atoms with Gasteiger partial charge < -0.3 is 9.88 Å². The molecule has 0 unspecified atom stereocenters. The highest BCUT2D eigenvalue weighted by molar-refractivity contribution is 5.91. The molecule has 0 aromatic carbocycles. The Morgan fingerprint density at radius 1 is 1.67 bits per heavy atom. The van der Waals surface area contributed by atoms with Crippen molar-refractivity contribution in [3.05, 3.63) is 17.3 Å². The summed E-state index contributed by atoms with van der Waals surface area (Å²) in [6.07, 6.45) is 0.618. The van der Waals surface area contributed by atoms with Crippen LogP contribution >= 0.6 is 0 Å². The zero-order chi connectivity index (χ0) is 10.8. The van der Waals surface area contributed by atoms with Crippen molar-refractivity contribution in [2.24, 2.45) is 4.99 Å². The van der Waals surface area contributed by atoms with Crippen LogP contribution in [0.2, 0.25) is 0 Å². The van der Waals surface area contributed by atoms with Gasteiger partial charge in [0.05, 0.1) is 17.7 Å². The Labute approximate surface area is 84.8 Å². The van der Waals surface area contributed by atoms with Crippen molar-refractivity contribution in [2.75, 3.05) is 18.1 Å². The van der Waals surface area contributed by atoms with E-state index >= 15 is 0 Å². The van der Waals surface area contributed by atoms with Crippen LogP contribution in [-0.4, -0.2) is 30.8 Å². The molecule has 1 N–H and O–H groups in total. The monoisotopic (exact) mass is 210 g/mol. The lowest BCUT2D eigenvalue weighted by molar-refractivity contribution is 0.154. The third-order valence-corrected chi connectivity index (χ3v) is 2.17. The maximum Gasteiger partial charge on any atom is 0.255 e. The highest BCUT2D eigenvalue weighted by Gasteiger charge is 2.21. The first-order valence-electron chi connectivity index (χ1n) is 4.36. The van der Waals surface area contributed by atoms with Gasteiger partial charge in [-0.3, -0.25) is 4.99 Å². The predicted molar refractivity (Wildman–Crippen MR) is 51.3 cm³/mol. The third-order valence-electron chi connectivity index (χ3n) is 2.17. The van der Waals surface area contributed by atoms with Crippen LogP contribution in [0.4, 0.5) is 14.6 Å². The maximum atomic E-state index is 12.2. The van der Waals surface area contributed by atoms with Crippen LogP contribution in [0.5, 0.6) is 0 Å². The Hall–Kier alpha value is -1.90. The van der Waals surface area contributed by atoms with E-state index in [4.69, 9.17) is 5.26 Å². The highest BCUT2D eigenvalue weighted by Crippen LogP contribution is 2.24. The molecule has 2 heterocycles. The summed E-state index contributed by atoms with van der Waals surface area (Å²) in [5.41, 5.74) is 1.01. The molecule has 0 amide bonds. The Kier molecular flexibility index (Phi) is 2.37. The van der Waals surface area contributed by atoms with Crippen LogP contribution < -0.4 is 4.90 Å². The van der Waals surface area contributed by atoms with Crippen LogP contribution in [0, 0.1) is 11.3 Å². The second-order valence-electron chi connectivity index (χ2n) is 3.14. The van der Waals surface area contributed by atoms with Gasteiger partial charge in [0.15, 0.2) is 0 Å². The molecule has 0 bridgehead atoms. The highest BCUT2D eigenvalue weighted by atomic mass is 19.3. The number of aliphatic imine (C=N–C) groups is 1. The van der Waals surface area contributed by atoms with Crippen LogP contribution in [0.15, 0.2) is 11.2 Å². The number of nitrogens with one attached hydrogen (secondary N) is 1. The minimum Gasteiger partial charge on any atom is -0.346 e. The van der Waals surface area contributed by atoms with E-state index in [1.54, 1.807) is 0 Å². The van der Waals surface area contributed by atoms with E-state index in [1.165, 1.54) is 17.3 Å². The number of hydrogen-bond donors (Lipinski definition) is 1. The van der Waals surface area contributed by atoms with Gasteiger partial charge >= 0.3 is 0 Å². The van der Waals surface area contributed by atoms with Crippen molar-refractivity contribution < 1.29 is 8.78 Å². The SMILES string of the molecule is N#Cc1c[nH]c2c1C=NCN2CC(F)F. The largest absolute Gasteiger partial charge is 0.346 e. The Morgan fingerprint density at radius 2 is 2.47 bits per heavy atom. The second kappa shape index (κ2) is 3.69. The summed E-state index contributed by atoms with van der Waals surface area (Å²) in [4.78, 5) is 8.16. The fourth-order valence-electron chi connectivity index (χ4n) is 1.53. The van der Waals surface area contributed by atoms with E-state index in [1.807, 2.05) is 6.07 Å². The van der Waals surface area contributed by atoms with E-state index in [0.717, 1.165) is 0 Å². The number of hydrogen-bond acceptors (Lipinski definition) is 3. The van der Waals surface area contributed by atoms with Gasteiger partial charge in [-0.25, -0.2) is 8.78 Å². The first kappa shape index (κ1) is 9.65. The molecule has 0 spiro atoms. The minimum atomic E-state index is -2.42. The molecule has 1 aromatic rings. The lowest BCUT2D eigenvalue weighted by Gasteiger charge is -2.24. The van der Waals surface area contributed by atoms with Crippen molar-refractivity contribution in [1.82, 2.24) is 4.98 Å². The first-order valence-corrected chi connectivity index (χ1v) is 4.36. The van der Waals surface area contributed by atoms with Crippen molar-refractivity contribution >= 4 is 12.0 Å². The summed E-state index contributed by atoms with van der Waals surface area (Å²) in [5, 5.41) is 8.75. The molecule has 15 heavy (non-hydrogen) atoms. The summed E-state index contributed by atoms with van der Waals surface area (Å²) < 4.78 is 24.5. The Bertz CT molecular complexity index is 430. The van der Waals surface area contributed by atoms with Crippen LogP contribution in [0.3, 0.4) is 0 Å². The van der Waals surface area contributed by atoms with Crippen molar-refractivity contribution in [1.29, 1.82) is 5.26 Å². The number of aromatic nitrogens is 1. The molecule has 0 aliphatic carbocycles. The van der Waals surface area contributed by atoms with Gasteiger partial charge in [-0.15, -0.1) is 0 Å². The number of nitrogens with zero attached hydrogens (tertiary/aromatic N) is 3. The first-order chi connectivity index (χ1) is 7.22. The van der Waals surface area contributed by atoms with Crippen LogP contribution in [0.25, 0.3) is 0 Å². The molecule has 1 aliphatic rings. The molecule has 4 nitrogen and oxygen atoms in total. The van der Waals surface area contributed by atoms with Crippen molar-refractivity contribution in [3.8, 4) is 6.07 Å². The molecule has 0 radical (unpaired) electrons. The number of alkyl halides is 2. The van der Waals surface area contributed by atoms with Gasteiger partial charge in [-0.05, 0) is 0 Å². The quantitative estimate of drug-likeness (QED) is 0.800. The average Bonchev–Trinajstić information content (AvgIpc) is 2.61. The van der Waals surface area contributed by atoms with Gasteiger partial charge in [0.2, 0.25) is 0 Å². The fourth-order valence-corrected chi connectivity index (χ4v) is 1.53. The van der Waals surface area contributed by atoms with Gasteiger partial charge in [-0.1, -0.05) is 0 Å². The molecule has 0 atom stereocenters. The molecule has 6 heteroatoms. The number of aromatic amines is 1. The minimum absolute atomic E-state index is 0.197. The molecular weight excluding hydrogens is 202 g/mol. The van der Waals surface area contributed by atoms with Gasteiger partial charge in [0.25, 0.3) is 6.43 Å². The summed E-state index contributed by atoms with van der Waals surface area (Å²) in [6, 6.07) is 1.97. The lowest BCUT2D eigenvalue weighted by atomic mass is 10.2. The molecule has 1 aromatic heterocycles. The molecule has 0 saturated heterocycles. The normalized spacial score (nSPS) is 14.1. The summed E-state index contributed by atoms with van der Waals surface area (Å²) in [6.45, 7) is -0.182. The lowest BCUT2D eigenvalue weighted by Crippen LogP contribution is -2.32. The molecule has 2 rings (SSSR count). The van der Waals surface area contributed by atoms with Gasteiger partial charge in [-0.2, -0.15) is 5.26 Å². The molecule has 0 fully saturated rings. The summed E-state index contributed by atoms with van der Waals surface area (Å²) >= 11 is 0. The average molecular weight is 210 g/mol. The number of nitriles is 1. The standard InChI is InChI=1S/C9H8F2N4/c10-8(11)4-15-5-13-3-7-6(1-12)2-14-9(7)15/h2-3,8,14H,4-5H2. The van der Waals surface area contributed by atoms with Crippen molar-refractivity contribution in [2.45, 2.75) is 6.43 Å². The zero-order valence-corrected chi connectivity index (χ0v) is 7.74. The van der Waals surface area contributed by atoms with E-state index < -0.39 is 6.43 Å². The number of halogens is 2. The van der Waals surface area contributed by atoms with E-state index in [9.17, 15) is 8.78 Å². The van der Waals surface area contributed by atoms with Crippen molar-refractivity contribution in [3.63, 3.8) is 0 Å². The summed E-state index contributed by atoms with van der Waals surface area (Å²) in [5.74, 6) is 0.543. The number of fused-ring (bicyclic) bond motifs is 1. The zero-order valence-electron chi connectivity index (χ0n) is 7.74. The molecule has 0 saturated carbocycles. The fraction of sp³-hybridized carbons (Fsp3) is 0.333. The second-order valence-corrected chi connectivity index (χ2v) is 3.14. The third kappa shape index (κ3) is 1.68. The van der Waals surface area contributed by atoms with Crippen LogP contribution in [0.1, 0.15) is 11.1 Å². The van der Waals surface area contributed by atoms with E-state index in [2.05, 4.69) is 9.98 Å². The smallest absolute Gasteiger partial charge is 0.255 e. The number of H-pyrrole nitrogens is 1. The van der Waals surface area contributed by atoms with Crippen LogP contribution in [-0.2, 0) is 0 Å². The maximum absolute atomic E-state index is 12.2. The van der Waals surface area contributed by atoms with Gasteiger partial charge in [0, 0.05) is 12.4 Å². The summed E-state index contributed by atoms with van der Waals surface area (Å²) in [7, 11) is 0. The predicted octanol–water partition coefficient (Wildman–Crippen LogP) is 1.35. The molecule has 78 valence electrons. The van der Waals surface area contributed by atoms with E-state index in [0.29, 0.717) is 16.9 Å². The topological polar surface area (TPSA) is 55.2 Å². The molecule has 1 aliphatic heterocycles. The number of rotatable bonds is 2. The number of anilines is 1. The van der Waals surface area contributed by atoms with Gasteiger partial charge in [0.1, 0.15) is 18.6 Å².